The van der Waals surface area contributed by atoms with E-state index in [2.05, 4.69) is 12.2 Å². The summed E-state index contributed by atoms with van der Waals surface area (Å²) in [5.74, 6) is 0.487. The third-order valence-corrected chi connectivity index (χ3v) is 3.48. The minimum Gasteiger partial charge on any atom is -0.384 e. The van der Waals surface area contributed by atoms with Crippen molar-refractivity contribution in [2.75, 3.05) is 20.3 Å². The largest absolute Gasteiger partial charge is 0.384 e. The first-order chi connectivity index (χ1) is 8.15. The van der Waals surface area contributed by atoms with E-state index in [0.717, 1.165) is 25.7 Å². The fraction of sp³-hybridized carbons (Fsp3) is 0.923. The third kappa shape index (κ3) is 5.04. The van der Waals surface area contributed by atoms with Crippen LogP contribution in [0.15, 0.2) is 0 Å². The van der Waals surface area contributed by atoms with Crippen LogP contribution in [-0.4, -0.2) is 32.2 Å². The normalized spacial score (nSPS) is 27.2. The van der Waals surface area contributed by atoms with E-state index in [9.17, 15) is 4.79 Å². The van der Waals surface area contributed by atoms with Gasteiger partial charge in [0.1, 0.15) is 0 Å². The molecule has 3 unspecified atom stereocenters. The lowest BCUT2D eigenvalue weighted by atomic mass is 9.94. The van der Waals surface area contributed by atoms with E-state index in [4.69, 9.17) is 10.5 Å². The Kier molecular flexibility index (Phi) is 6.52. The second-order valence-electron chi connectivity index (χ2n) is 5.21. The molecule has 0 aromatic rings. The molecule has 0 heterocycles. The van der Waals surface area contributed by atoms with Gasteiger partial charge in [-0.05, 0) is 18.8 Å². The van der Waals surface area contributed by atoms with Crippen LogP contribution in [0.3, 0.4) is 0 Å². The van der Waals surface area contributed by atoms with Gasteiger partial charge in [-0.2, -0.15) is 0 Å². The van der Waals surface area contributed by atoms with Crippen molar-refractivity contribution in [3.05, 3.63) is 0 Å². The quantitative estimate of drug-likeness (QED) is 0.714. The van der Waals surface area contributed by atoms with Crippen molar-refractivity contribution >= 4 is 5.91 Å². The van der Waals surface area contributed by atoms with Crippen LogP contribution in [0.4, 0.5) is 0 Å². The maximum atomic E-state index is 12.0. The summed E-state index contributed by atoms with van der Waals surface area (Å²) in [6, 6.07) is 0.0373. The summed E-state index contributed by atoms with van der Waals surface area (Å²) in [5, 5.41) is 3.00. The highest BCUT2D eigenvalue weighted by atomic mass is 16.5. The van der Waals surface area contributed by atoms with Crippen LogP contribution in [0, 0.1) is 11.8 Å². The predicted molar refractivity (Wildman–Crippen MR) is 68.6 cm³/mol. The first-order valence-electron chi connectivity index (χ1n) is 6.67. The molecule has 0 spiro atoms. The molecule has 0 saturated heterocycles. The molecule has 3 atom stereocenters. The lowest BCUT2D eigenvalue weighted by Gasteiger charge is -2.21. The summed E-state index contributed by atoms with van der Waals surface area (Å²) in [6.45, 7) is 3.42. The van der Waals surface area contributed by atoms with E-state index in [1.54, 1.807) is 7.11 Å². The zero-order valence-electron chi connectivity index (χ0n) is 11.1. The van der Waals surface area contributed by atoms with Gasteiger partial charge in [0, 0.05) is 19.7 Å². The SMILES string of the molecule is COCC(C)CNC(=O)C1CCCCCC1N. The lowest BCUT2D eigenvalue weighted by molar-refractivity contribution is -0.126. The van der Waals surface area contributed by atoms with Crippen LogP contribution in [0.25, 0.3) is 0 Å². The van der Waals surface area contributed by atoms with Crippen molar-refractivity contribution in [1.29, 1.82) is 0 Å². The molecular formula is C13H26N2O2. The second kappa shape index (κ2) is 7.67. The minimum absolute atomic E-state index is 0.00671. The summed E-state index contributed by atoms with van der Waals surface area (Å²) in [5.41, 5.74) is 6.06. The van der Waals surface area contributed by atoms with Crippen molar-refractivity contribution in [3.8, 4) is 0 Å². The number of ether oxygens (including phenoxy) is 1. The molecule has 0 aromatic carbocycles. The molecule has 4 heteroatoms. The summed E-state index contributed by atoms with van der Waals surface area (Å²) in [4.78, 5) is 12.0. The van der Waals surface area contributed by atoms with E-state index in [1.807, 2.05) is 0 Å². The molecule has 1 saturated carbocycles. The van der Waals surface area contributed by atoms with E-state index in [0.29, 0.717) is 19.1 Å². The number of methoxy groups -OCH3 is 1. The number of nitrogens with two attached hydrogens (primary N) is 1. The van der Waals surface area contributed by atoms with Gasteiger partial charge in [-0.3, -0.25) is 4.79 Å². The highest BCUT2D eigenvalue weighted by Crippen LogP contribution is 2.22. The summed E-state index contributed by atoms with van der Waals surface area (Å²) >= 11 is 0. The van der Waals surface area contributed by atoms with Gasteiger partial charge in [0.2, 0.25) is 5.91 Å². The number of carbonyl (C=O) groups excluding carboxylic acids is 1. The van der Waals surface area contributed by atoms with Crippen molar-refractivity contribution in [1.82, 2.24) is 5.32 Å². The highest BCUT2D eigenvalue weighted by molar-refractivity contribution is 5.79. The Morgan fingerprint density at radius 2 is 2.12 bits per heavy atom. The average Bonchev–Trinajstić information content (AvgIpc) is 2.51. The Balaban J connectivity index is 2.34. The summed E-state index contributed by atoms with van der Waals surface area (Å²) < 4.78 is 5.05. The standard InChI is InChI=1S/C13H26N2O2/c1-10(9-17-2)8-15-13(16)11-6-4-3-5-7-12(11)14/h10-12H,3-9,14H2,1-2H3,(H,15,16). The molecule has 1 aliphatic carbocycles. The van der Waals surface area contributed by atoms with Crippen LogP contribution in [0.1, 0.15) is 39.0 Å². The van der Waals surface area contributed by atoms with Gasteiger partial charge in [0.15, 0.2) is 0 Å². The van der Waals surface area contributed by atoms with Gasteiger partial charge in [-0.15, -0.1) is 0 Å². The first-order valence-corrected chi connectivity index (χ1v) is 6.67. The Bertz CT molecular complexity index is 233. The Labute approximate surface area is 104 Å². The monoisotopic (exact) mass is 242 g/mol. The summed E-state index contributed by atoms with van der Waals surface area (Å²) in [6.07, 6.45) is 5.40. The van der Waals surface area contributed by atoms with Gasteiger partial charge in [0.05, 0.1) is 12.5 Å². The Morgan fingerprint density at radius 1 is 1.41 bits per heavy atom. The molecule has 0 radical (unpaired) electrons. The fourth-order valence-electron chi connectivity index (χ4n) is 2.41. The van der Waals surface area contributed by atoms with Crippen molar-refractivity contribution < 1.29 is 9.53 Å². The van der Waals surface area contributed by atoms with Crippen molar-refractivity contribution in [2.24, 2.45) is 17.6 Å². The molecule has 1 amide bonds. The number of hydrogen-bond acceptors (Lipinski definition) is 3. The zero-order valence-corrected chi connectivity index (χ0v) is 11.1. The van der Waals surface area contributed by atoms with Crippen molar-refractivity contribution in [2.45, 2.75) is 45.1 Å². The van der Waals surface area contributed by atoms with E-state index in [1.165, 1.54) is 6.42 Å². The van der Waals surface area contributed by atoms with Gasteiger partial charge in [-0.1, -0.05) is 26.2 Å². The molecule has 0 aromatic heterocycles. The number of carbonyl (C=O) groups is 1. The smallest absolute Gasteiger partial charge is 0.224 e. The van der Waals surface area contributed by atoms with E-state index in [-0.39, 0.29) is 17.9 Å². The van der Waals surface area contributed by atoms with Crippen LogP contribution in [0.5, 0.6) is 0 Å². The number of amides is 1. The topological polar surface area (TPSA) is 64.3 Å². The molecule has 17 heavy (non-hydrogen) atoms. The van der Waals surface area contributed by atoms with Crippen LogP contribution < -0.4 is 11.1 Å². The number of hydrogen-bond donors (Lipinski definition) is 2. The number of nitrogens with one attached hydrogen (secondary N) is 1. The molecule has 1 rings (SSSR count). The second-order valence-corrected chi connectivity index (χ2v) is 5.21. The maximum absolute atomic E-state index is 12.0. The molecule has 1 aliphatic rings. The fourth-order valence-corrected chi connectivity index (χ4v) is 2.41. The highest BCUT2D eigenvalue weighted by Gasteiger charge is 2.26. The molecule has 1 fully saturated rings. The molecule has 4 nitrogen and oxygen atoms in total. The van der Waals surface area contributed by atoms with E-state index < -0.39 is 0 Å². The predicted octanol–water partition coefficient (Wildman–Crippen LogP) is 1.29. The van der Waals surface area contributed by atoms with Gasteiger partial charge in [-0.25, -0.2) is 0 Å². The van der Waals surface area contributed by atoms with Crippen molar-refractivity contribution in [3.63, 3.8) is 0 Å². The van der Waals surface area contributed by atoms with Crippen LogP contribution in [0.2, 0.25) is 0 Å². The lowest BCUT2D eigenvalue weighted by Crippen LogP contribution is -2.42. The Hall–Kier alpha value is -0.610. The average molecular weight is 242 g/mol. The summed E-state index contributed by atoms with van der Waals surface area (Å²) in [7, 11) is 1.68. The Morgan fingerprint density at radius 3 is 2.82 bits per heavy atom. The first kappa shape index (κ1) is 14.5. The minimum atomic E-state index is 0.00671. The zero-order chi connectivity index (χ0) is 12.7. The molecule has 3 N–H and O–H groups in total. The van der Waals surface area contributed by atoms with Crippen LogP contribution in [-0.2, 0) is 9.53 Å². The third-order valence-electron chi connectivity index (χ3n) is 3.48. The maximum Gasteiger partial charge on any atom is 0.224 e. The van der Waals surface area contributed by atoms with Gasteiger partial charge >= 0.3 is 0 Å². The van der Waals surface area contributed by atoms with Gasteiger partial charge < -0.3 is 15.8 Å². The molecule has 0 aliphatic heterocycles. The molecule has 0 bridgehead atoms. The molecule has 100 valence electrons. The van der Waals surface area contributed by atoms with Gasteiger partial charge in [0.25, 0.3) is 0 Å². The van der Waals surface area contributed by atoms with Crippen LogP contribution >= 0.6 is 0 Å². The van der Waals surface area contributed by atoms with E-state index >= 15 is 0 Å². The number of rotatable bonds is 5. The molecular weight excluding hydrogens is 216 g/mol.